The molecule has 0 aliphatic heterocycles. The summed E-state index contributed by atoms with van der Waals surface area (Å²) in [5.41, 5.74) is 4.97. The molecule has 0 aromatic carbocycles. The van der Waals surface area contributed by atoms with Gasteiger partial charge in [0, 0.05) is 19.0 Å². The van der Waals surface area contributed by atoms with E-state index < -0.39 is 5.60 Å². The minimum atomic E-state index is -0.614. The molecule has 0 saturated heterocycles. The number of amides is 1. The molecule has 1 saturated carbocycles. The van der Waals surface area contributed by atoms with Gasteiger partial charge in [-0.15, -0.1) is 0 Å². The van der Waals surface area contributed by atoms with E-state index in [1.165, 1.54) is 0 Å². The van der Waals surface area contributed by atoms with Gasteiger partial charge < -0.3 is 16.2 Å². The molecule has 0 radical (unpaired) electrons. The van der Waals surface area contributed by atoms with Crippen molar-refractivity contribution in [2.75, 3.05) is 6.54 Å². The van der Waals surface area contributed by atoms with Gasteiger partial charge in [0.25, 0.3) is 0 Å². The van der Waals surface area contributed by atoms with Crippen molar-refractivity contribution >= 4 is 5.91 Å². The van der Waals surface area contributed by atoms with Crippen LogP contribution in [0.2, 0.25) is 0 Å². The van der Waals surface area contributed by atoms with Crippen LogP contribution in [0, 0.1) is 0 Å². The van der Waals surface area contributed by atoms with E-state index >= 15 is 0 Å². The summed E-state index contributed by atoms with van der Waals surface area (Å²) < 4.78 is 0. The van der Waals surface area contributed by atoms with Gasteiger partial charge in [-0.2, -0.15) is 0 Å². The van der Waals surface area contributed by atoms with Crippen molar-refractivity contribution in [2.24, 2.45) is 5.73 Å². The lowest BCUT2D eigenvalue weighted by Crippen LogP contribution is -2.47. The molecule has 4 N–H and O–H groups in total. The first kappa shape index (κ1) is 12.5. The number of nitrogens with two attached hydrogens (primary N) is 1. The van der Waals surface area contributed by atoms with Gasteiger partial charge >= 0.3 is 0 Å². The average molecular weight is 214 g/mol. The zero-order chi connectivity index (χ0) is 11.3. The Morgan fingerprint density at radius 1 is 1.60 bits per heavy atom. The Kier molecular flexibility index (Phi) is 4.54. The minimum Gasteiger partial charge on any atom is -0.388 e. The van der Waals surface area contributed by atoms with Gasteiger partial charge in [0.1, 0.15) is 0 Å². The Hall–Kier alpha value is -0.610. The van der Waals surface area contributed by atoms with Gasteiger partial charge in [-0.05, 0) is 39.0 Å². The first-order chi connectivity index (χ1) is 7.02. The van der Waals surface area contributed by atoms with Crippen molar-refractivity contribution in [3.63, 3.8) is 0 Å². The van der Waals surface area contributed by atoms with E-state index in [0.29, 0.717) is 13.0 Å². The van der Waals surface area contributed by atoms with E-state index in [1.54, 1.807) is 0 Å². The third-order valence-electron chi connectivity index (χ3n) is 2.96. The predicted octanol–water partition coefficient (Wildman–Crippen LogP) is 0.535. The molecule has 0 spiro atoms. The number of aliphatic hydroxyl groups is 1. The molecular weight excluding hydrogens is 192 g/mol. The molecule has 15 heavy (non-hydrogen) atoms. The van der Waals surface area contributed by atoms with Gasteiger partial charge in [0.15, 0.2) is 0 Å². The fourth-order valence-electron chi connectivity index (χ4n) is 1.70. The zero-order valence-electron chi connectivity index (χ0n) is 9.46. The molecule has 1 atom stereocenters. The van der Waals surface area contributed by atoms with Crippen molar-refractivity contribution < 1.29 is 9.90 Å². The Bertz CT molecular complexity index is 213. The molecule has 1 fully saturated rings. The standard InChI is InChI=1S/C11H22N2O2/c1-9(12)4-2-5-10(14)13-8-11(15)6-3-7-11/h9,15H,2-8,12H2,1H3,(H,13,14). The van der Waals surface area contributed by atoms with E-state index in [-0.39, 0.29) is 11.9 Å². The van der Waals surface area contributed by atoms with Crippen LogP contribution in [-0.2, 0) is 4.79 Å². The zero-order valence-corrected chi connectivity index (χ0v) is 9.46. The largest absolute Gasteiger partial charge is 0.388 e. The van der Waals surface area contributed by atoms with Crippen molar-refractivity contribution in [2.45, 2.75) is 57.1 Å². The van der Waals surface area contributed by atoms with Gasteiger partial charge in [-0.3, -0.25) is 4.79 Å². The molecule has 0 aromatic heterocycles. The number of carbonyl (C=O) groups is 1. The van der Waals surface area contributed by atoms with Crippen LogP contribution in [-0.4, -0.2) is 29.2 Å². The van der Waals surface area contributed by atoms with E-state index in [2.05, 4.69) is 5.32 Å². The molecule has 0 aromatic rings. The molecule has 1 aliphatic rings. The maximum Gasteiger partial charge on any atom is 0.220 e. The Balaban J connectivity index is 2.03. The van der Waals surface area contributed by atoms with Gasteiger partial charge in [0.05, 0.1) is 5.60 Å². The quantitative estimate of drug-likeness (QED) is 0.604. The lowest BCUT2D eigenvalue weighted by molar-refractivity contribution is -0.123. The highest BCUT2D eigenvalue weighted by Crippen LogP contribution is 2.30. The van der Waals surface area contributed by atoms with E-state index in [4.69, 9.17) is 5.73 Å². The summed E-state index contributed by atoms with van der Waals surface area (Å²) in [5.74, 6) is 0.0241. The molecule has 88 valence electrons. The van der Waals surface area contributed by atoms with Crippen LogP contribution in [0.15, 0.2) is 0 Å². The number of rotatable bonds is 6. The molecule has 0 heterocycles. The van der Waals surface area contributed by atoms with Crippen molar-refractivity contribution in [1.82, 2.24) is 5.32 Å². The lowest BCUT2D eigenvalue weighted by atomic mass is 9.80. The molecule has 1 unspecified atom stereocenters. The average Bonchev–Trinajstić information content (AvgIpc) is 2.11. The van der Waals surface area contributed by atoms with Gasteiger partial charge in [-0.25, -0.2) is 0 Å². The van der Waals surface area contributed by atoms with Crippen LogP contribution >= 0.6 is 0 Å². The van der Waals surface area contributed by atoms with Crippen molar-refractivity contribution in [3.8, 4) is 0 Å². The summed E-state index contributed by atoms with van der Waals surface area (Å²) in [5, 5.41) is 12.5. The minimum absolute atomic E-state index is 0.0241. The number of hydrogen-bond donors (Lipinski definition) is 3. The van der Waals surface area contributed by atoms with Crippen LogP contribution in [0.4, 0.5) is 0 Å². The van der Waals surface area contributed by atoms with E-state index in [1.807, 2.05) is 6.92 Å². The van der Waals surface area contributed by atoms with Gasteiger partial charge in [-0.1, -0.05) is 0 Å². The maximum absolute atomic E-state index is 11.3. The van der Waals surface area contributed by atoms with Crippen LogP contribution < -0.4 is 11.1 Å². The van der Waals surface area contributed by atoms with Crippen LogP contribution in [0.5, 0.6) is 0 Å². The predicted molar refractivity (Wildman–Crippen MR) is 59.3 cm³/mol. The monoisotopic (exact) mass is 214 g/mol. The second-order valence-corrected chi connectivity index (χ2v) is 4.72. The summed E-state index contributed by atoms with van der Waals surface area (Å²) in [6.45, 7) is 2.35. The maximum atomic E-state index is 11.3. The molecule has 4 heteroatoms. The number of carbonyl (C=O) groups excluding carboxylic acids is 1. The van der Waals surface area contributed by atoms with E-state index in [9.17, 15) is 9.90 Å². The number of hydrogen-bond acceptors (Lipinski definition) is 3. The highest BCUT2D eigenvalue weighted by atomic mass is 16.3. The van der Waals surface area contributed by atoms with Gasteiger partial charge in [0.2, 0.25) is 5.91 Å². The van der Waals surface area contributed by atoms with Crippen LogP contribution in [0.25, 0.3) is 0 Å². The van der Waals surface area contributed by atoms with Crippen LogP contribution in [0.1, 0.15) is 45.4 Å². The Morgan fingerprint density at radius 3 is 2.73 bits per heavy atom. The fraction of sp³-hybridized carbons (Fsp3) is 0.909. The molecular formula is C11H22N2O2. The molecule has 1 aliphatic carbocycles. The topological polar surface area (TPSA) is 75.4 Å². The first-order valence-electron chi connectivity index (χ1n) is 5.76. The fourth-order valence-corrected chi connectivity index (χ4v) is 1.70. The highest BCUT2D eigenvalue weighted by molar-refractivity contribution is 5.75. The summed E-state index contributed by atoms with van der Waals surface area (Å²) >= 11 is 0. The van der Waals surface area contributed by atoms with E-state index in [0.717, 1.165) is 32.1 Å². The lowest BCUT2D eigenvalue weighted by Gasteiger charge is -2.36. The van der Waals surface area contributed by atoms with Crippen molar-refractivity contribution in [1.29, 1.82) is 0 Å². The van der Waals surface area contributed by atoms with Crippen molar-refractivity contribution in [3.05, 3.63) is 0 Å². The summed E-state index contributed by atoms with van der Waals surface area (Å²) in [7, 11) is 0. The third kappa shape index (κ3) is 4.62. The molecule has 4 nitrogen and oxygen atoms in total. The van der Waals surface area contributed by atoms with Crippen LogP contribution in [0.3, 0.4) is 0 Å². The summed E-state index contributed by atoms with van der Waals surface area (Å²) in [6.07, 6.45) is 4.90. The third-order valence-corrected chi connectivity index (χ3v) is 2.96. The second-order valence-electron chi connectivity index (χ2n) is 4.72. The SMILES string of the molecule is CC(N)CCCC(=O)NCC1(O)CCC1. The molecule has 1 rings (SSSR count). The number of nitrogens with one attached hydrogen (secondary N) is 1. The smallest absolute Gasteiger partial charge is 0.220 e. The Labute approximate surface area is 91.2 Å². The highest BCUT2D eigenvalue weighted by Gasteiger charge is 2.34. The Morgan fingerprint density at radius 2 is 2.27 bits per heavy atom. The summed E-state index contributed by atoms with van der Waals surface area (Å²) in [4.78, 5) is 11.3. The summed E-state index contributed by atoms with van der Waals surface area (Å²) in [6, 6.07) is 0.161. The normalized spacial score (nSPS) is 20.5. The second kappa shape index (κ2) is 5.47. The molecule has 0 bridgehead atoms. The first-order valence-corrected chi connectivity index (χ1v) is 5.76. The molecule has 1 amide bonds.